The van der Waals surface area contributed by atoms with E-state index in [0.717, 1.165) is 25.6 Å². The average Bonchev–Trinajstić information content (AvgIpc) is 2.87. The number of rotatable bonds is 3. The first-order valence-corrected chi connectivity index (χ1v) is 8.27. The summed E-state index contributed by atoms with van der Waals surface area (Å²) in [5.74, 6) is 1.37. The van der Waals surface area contributed by atoms with Gasteiger partial charge < -0.3 is 5.73 Å². The van der Waals surface area contributed by atoms with E-state index in [4.69, 9.17) is 5.73 Å². The molecule has 0 spiro atoms. The molecule has 0 atom stereocenters. The number of nitrogen functional groups attached to an aromatic ring is 1. The van der Waals surface area contributed by atoms with Crippen LogP contribution < -0.4 is 5.73 Å². The molecule has 3 aromatic rings. The van der Waals surface area contributed by atoms with Crippen LogP contribution >= 0.6 is 39.0 Å². The van der Waals surface area contributed by atoms with Gasteiger partial charge in [0.25, 0.3) is 0 Å². The van der Waals surface area contributed by atoms with Crippen LogP contribution in [0.15, 0.2) is 45.3 Å². The minimum Gasteiger partial charge on any atom is -0.383 e. The number of halogens is 1. The third kappa shape index (κ3) is 2.75. The topological polar surface area (TPSA) is 51.8 Å². The number of anilines is 1. The Balaban J connectivity index is 1.84. The first-order chi connectivity index (χ1) is 9.24. The first-order valence-electron chi connectivity index (χ1n) is 5.61. The highest BCUT2D eigenvalue weighted by Gasteiger charge is 2.07. The molecule has 0 unspecified atom stereocenters. The number of nitrogens with two attached hydrogens (primary N) is 1. The summed E-state index contributed by atoms with van der Waals surface area (Å²) in [5, 5.41) is 3.65. The van der Waals surface area contributed by atoms with E-state index in [9.17, 15) is 0 Å². The van der Waals surface area contributed by atoms with Crippen molar-refractivity contribution in [1.29, 1.82) is 0 Å². The van der Waals surface area contributed by atoms with E-state index in [1.165, 1.54) is 5.56 Å². The molecule has 0 saturated heterocycles. The van der Waals surface area contributed by atoms with E-state index >= 15 is 0 Å². The largest absolute Gasteiger partial charge is 0.383 e. The minimum absolute atomic E-state index is 0.556. The van der Waals surface area contributed by atoms with E-state index in [1.807, 2.05) is 29.6 Å². The molecule has 0 aliphatic heterocycles. The summed E-state index contributed by atoms with van der Waals surface area (Å²) < 4.78 is 1.10. The lowest BCUT2D eigenvalue weighted by Crippen LogP contribution is -1.95. The van der Waals surface area contributed by atoms with Gasteiger partial charge in [0.1, 0.15) is 10.6 Å². The molecule has 0 fully saturated rings. The van der Waals surface area contributed by atoms with E-state index in [1.54, 1.807) is 23.1 Å². The third-order valence-electron chi connectivity index (χ3n) is 2.65. The number of nitrogens with zero attached hydrogens (tertiary/aromatic N) is 2. The highest BCUT2D eigenvalue weighted by atomic mass is 79.9. The van der Waals surface area contributed by atoms with Gasteiger partial charge >= 0.3 is 0 Å². The summed E-state index contributed by atoms with van der Waals surface area (Å²) in [6, 6.07) is 10.1. The van der Waals surface area contributed by atoms with Gasteiger partial charge in [0, 0.05) is 10.2 Å². The van der Waals surface area contributed by atoms with Gasteiger partial charge in [-0.25, -0.2) is 9.97 Å². The number of thioether (sulfide) groups is 1. The van der Waals surface area contributed by atoms with Crippen molar-refractivity contribution in [1.82, 2.24) is 9.97 Å². The van der Waals surface area contributed by atoms with Crippen LogP contribution in [0.2, 0.25) is 0 Å². The van der Waals surface area contributed by atoms with E-state index in [0.29, 0.717) is 5.82 Å². The predicted molar refractivity (Wildman–Crippen MR) is 85.5 cm³/mol. The summed E-state index contributed by atoms with van der Waals surface area (Å²) in [4.78, 5) is 9.80. The molecule has 19 heavy (non-hydrogen) atoms. The van der Waals surface area contributed by atoms with Crippen LogP contribution in [0, 0.1) is 0 Å². The van der Waals surface area contributed by atoms with Crippen molar-refractivity contribution in [3.05, 3.63) is 45.7 Å². The molecule has 0 bridgehead atoms. The van der Waals surface area contributed by atoms with E-state index < -0.39 is 0 Å². The fourth-order valence-corrected chi connectivity index (χ4v) is 3.98. The molecule has 96 valence electrons. The van der Waals surface area contributed by atoms with Crippen molar-refractivity contribution in [2.24, 2.45) is 0 Å². The van der Waals surface area contributed by atoms with Crippen molar-refractivity contribution in [3.8, 4) is 0 Å². The van der Waals surface area contributed by atoms with Crippen LogP contribution in [-0.2, 0) is 5.75 Å². The van der Waals surface area contributed by atoms with E-state index in [2.05, 4.69) is 32.0 Å². The standard InChI is InChI=1S/C13H10BrN3S2/c14-10-4-2-1-3-8(10)7-19-13-16-11(15)9-5-6-18-12(9)17-13/h1-6H,7H2,(H2,15,16,17). The van der Waals surface area contributed by atoms with Gasteiger partial charge in [0.05, 0.1) is 5.39 Å². The second-order valence-electron chi connectivity index (χ2n) is 3.91. The Bertz CT molecular complexity index is 727. The van der Waals surface area contributed by atoms with E-state index in [-0.39, 0.29) is 0 Å². The Morgan fingerprint density at radius 1 is 1.21 bits per heavy atom. The predicted octanol–water partition coefficient (Wildman–Crippen LogP) is 4.33. The van der Waals surface area contributed by atoms with Gasteiger partial charge in [-0.3, -0.25) is 0 Å². The molecule has 0 aliphatic rings. The smallest absolute Gasteiger partial charge is 0.191 e. The lowest BCUT2D eigenvalue weighted by atomic mass is 10.2. The van der Waals surface area contributed by atoms with Crippen LogP contribution in [0.4, 0.5) is 5.82 Å². The summed E-state index contributed by atoms with van der Waals surface area (Å²) in [6.07, 6.45) is 0. The number of benzene rings is 1. The lowest BCUT2D eigenvalue weighted by Gasteiger charge is -2.04. The normalized spacial score (nSPS) is 11.0. The van der Waals surface area contributed by atoms with Crippen LogP contribution in [0.1, 0.15) is 5.56 Å². The Kier molecular flexibility index (Phi) is 3.72. The Hall–Kier alpha value is -1.11. The molecule has 2 aromatic heterocycles. The zero-order valence-corrected chi connectivity index (χ0v) is 13.1. The molecular formula is C13H10BrN3S2. The summed E-state index contributed by atoms with van der Waals surface area (Å²) in [7, 11) is 0. The maximum atomic E-state index is 5.93. The van der Waals surface area contributed by atoms with Gasteiger partial charge in [0.2, 0.25) is 0 Å². The molecule has 0 amide bonds. The second kappa shape index (κ2) is 5.48. The number of thiophene rings is 1. The SMILES string of the molecule is Nc1nc(SCc2ccccc2Br)nc2sccc12. The van der Waals surface area contributed by atoms with Crippen LogP contribution in [-0.4, -0.2) is 9.97 Å². The van der Waals surface area contributed by atoms with Crippen LogP contribution in [0.25, 0.3) is 10.2 Å². The molecule has 1 aromatic carbocycles. The Morgan fingerprint density at radius 3 is 2.89 bits per heavy atom. The molecule has 0 aliphatic carbocycles. The molecule has 0 radical (unpaired) electrons. The molecule has 2 heterocycles. The van der Waals surface area contributed by atoms with Crippen LogP contribution in [0.3, 0.4) is 0 Å². The van der Waals surface area contributed by atoms with Crippen molar-refractivity contribution in [3.63, 3.8) is 0 Å². The van der Waals surface area contributed by atoms with Crippen molar-refractivity contribution < 1.29 is 0 Å². The summed E-state index contributed by atoms with van der Waals surface area (Å²) in [5.41, 5.74) is 7.16. The monoisotopic (exact) mass is 351 g/mol. The van der Waals surface area contributed by atoms with Gasteiger partial charge in [-0.05, 0) is 23.1 Å². The minimum atomic E-state index is 0.556. The van der Waals surface area contributed by atoms with Gasteiger partial charge in [-0.15, -0.1) is 11.3 Å². The van der Waals surface area contributed by atoms with Crippen molar-refractivity contribution in [2.75, 3.05) is 5.73 Å². The highest BCUT2D eigenvalue weighted by molar-refractivity contribution is 9.10. The number of hydrogen-bond donors (Lipinski definition) is 1. The maximum absolute atomic E-state index is 5.93. The quantitative estimate of drug-likeness (QED) is 0.563. The van der Waals surface area contributed by atoms with Gasteiger partial charge in [-0.2, -0.15) is 0 Å². The maximum Gasteiger partial charge on any atom is 0.191 e. The Morgan fingerprint density at radius 2 is 2.05 bits per heavy atom. The summed E-state index contributed by atoms with van der Waals surface area (Å²) in [6.45, 7) is 0. The van der Waals surface area contributed by atoms with Gasteiger partial charge in [-0.1, -0.05) is 45.9 Å². The fourth-order valence-electron chi connectivity index (χ4n) is 1.68. The van der Waals surface area contributed by atoms with Crippen molar-refractivity contribution >= 4 is 55.1 Å². The molecule has 2 N–H and O–H groups in total. The van der Waals surface area contributed by atoms with Gasteiger partial charge in [0.15, 0.2) is 5.16 Å². The molecule has 3 nitrogen and oxygen atoms in total. The molecule has 3 rings (SSSR count). The average molecular weight is 352 g/mol. The number of hydrogen-bond acceptors (Lipinski definition) is 5. The zero-order chi connectivity index (χ0) is 13.2. The Labute approximate surface area is 127 Å². The first kappa shape index (κ1) is 12.9. The van der Waals surface area contributed by atoms with Crippen LogP contribution in [0.5, 0.6) is 0 Å². The van der Waals surface area contributed by atoms with Crippen molar-refractivity contribution in [2.45, 2.75) is 10.9 Å². The number of fused-ring (bicyclic) bond motifs is 1. The second-order valence-corrected chi connectivity index (χ2v) is 6.60. The molecule has 0 saturated carbocycles. The third-order valence-corrected chi connectivity index (χ3v) is 5.12. The fraction of sp³-hybridized carbons (Fsp3) is 0.0769. The lowest BCUT2D eigenvalue weighted by molar-refractivity contribution is 1.02. The zero-order valence-electron chi connectivity index (χ0n) is 9.84. The number of aromatic nitrogens is 2. The summed E-state index contributed by atoms with van der Waals surface area (Å²) >= 11 is 6.72. The molecule has 6 heteroatoms. The molecular weight excluding hydrogens is 342 g/mol. The highest BCUT2D eigenvalue weighted by Crippen LogP contribution is 2.29.